The van der Waals surface area contributed by atoms with Crippen molar-refractivity contribution in [2.45, 2.75) is 72.1 Å². The molecular weight excluding hydrogens is 560 g/mol. The zero-order valence-electron chi connectivity index (χ0n) is 26.1. The first kappa shape index (κ1) is 34.1. The maximum absolute atomic E-state index is 13.4. The van der Waals surface area contributed by atoms with Crippen molar-refractivity contribution in [3.05, 3.63) is 84.0 Å². The number of phenolic OH excluding ortho intramolecular Hbond substituents is 1. The summed E-state index contributed by atoms with van der Waals surface area (Å²) in [6, 6.07) is 15.1. The SMILES string of the molecule is CC(C)C[C@@H]1OC(=O)C(C)(C)CNC(=O)[C@@H](Cc2ccc(O)cc2)NC(=O)/C=C/C[C@@H]([C@H](C)/C=C/c2ccccc2)OC1=O. The van der Waals surface area contributed by atoms with E-state index in [1.54, 1.807) is 32.1 Å². The molecule has 0 unspecified atom stereocenters. The largest absolute Gasteiger partial charge is 0.508 e. The number of nitrogens with one attached hydrogen (secondary N) is 2. The summed E-state index contributed by atoms with van der Waals surface area (Å²) < 4.78 is 11.7. The van der Waals surface area contributed by atoms with Crippen LogP contribution in [0.3, 0.4) is 0 Å². The van der Waals surface area contributed by atoms with E-state index in [2.05, 4.69) is 10.6 Å². The fourth-order valence-electron chi connectivity index (χ4n) is 4.56. The molecule has 2 amide bonds. The van der Waals surface area contributed by atoms with E-state index in [0.29, 0.717) is 0 Å². The highest BCUT2D eigenvalue weighted by molar-refractivity contribution is 5.93. The Morgan fingerprint density at radius 2 is 1.66 bits per heavy atom. The molecule has 2 aromatic carbocycles. The molecule has 3 N–H and O–H groups in total. The third-order valence-corrected chi connectivity index (χ3v) is 7.35. The minimum absolute atomic E-state index is 0.0341. The zero-order valence-corrected chi connectivity index (χ0v) is 26.1. The molecule has 0 spiro atoms. The molecule has 9 nitrogen and oxygen atoms in total. The minimum Gasteiger partial charge on any atom is -0.508 e. The summed E-state index contributed by atoms with van der Waals surface area (Å²) in [7, 11) is 0. The molecule has 2 aromatic rings. The number of esters is 2. The second-order valence-corrected chi connectivity index (χ2v) is 12.3. The molecule has 0 bridgehead atoms. The van der Waals surface area contributed by atoms with E-state index in [0.717, 1.165) is 11.1 Å². The Kier molecular flexibility index (Phi) is 12.3. The molecule has 1 aliphatic rings. The second kappa shape index (κ2) is 15.9. The monoisotopic (exact) mass is 604 g/mol. The summed E-state index contributed by atoms with van der Waals surface area (Å²) in [4.78, 5) is 53.0. The number of hydrogen-bond donors (Lipinski definition) is 3. The minimum atomic E-state index is -1.18. The normalized spacial score (nSPS) is 23.4. The highest BCUT2D eigenvalue weighted by Gasteiger charge is 2.37. The van der Waals surface area contributed by atoms with Gasteiger partial charge in [-0.2, -0.15) is 0 Å². The van der Waals surface area contributed by atoms with Crippen molar-refractivity contribution in [3.63, 3.8) is 0 Å². The van der Waals surface area contributed by atoms with Crippen LogP contribution >= 0.6 is 0 Å². The Balaban J connectivity index is 1.92. The van der Waals surface area contributed by atoms with Crippen LogP contribution in [0.2, 0.25) is 0 Å². The molecule has 236 valence electrons. The van der Waals surface area contributed by atoms with Crippen LogP contribution < -0.4 is 10.6 Å². The summed E-state index contributed by atoms with van der Waals surface area (Å²) in [5, 5.41) is 15.1. The summed E-state index contributed by atoms with van der Waals surface area (Å²) in [5.41, 5.74) is 0.531. The summed E-state index contributed by atoms with van der Waals surface area (Å²) in [6.07, 6.45) is 5.65. The third-order valence-electron chi connectivity index (χ3n) is 7.35. The van der Waals surface area contributed by atoms with Crippen molar-refractivity contribution in [1.29, 1.82) is 0 Å². The van der Waals surface area contributed by atoms with E-state index in [1.165, 1.54) is 18.2 Å². The van der Waals surface area contributed by atoms with Gasteiger partial charge in [-0.15, -0.1) is 0 Å². The Morgan fingerprint density at radius 1 is 0.977 bits per heavy atom. The summed E-state index contributed by atoms with van der Waals surface area (Å²) in [5.74, 6) is -2.41. The van der Waals surface area contributed by atoms with Crippen molar-refractivity contribution in [1.82, 2.24) is 10.6 Å². The van der Waals surface area contributed by atoms with Gasteiger partial charge in [0, 0.05) is 25.3 Å². The maximum atomic E-state index is 13.4. The predicted molar refractivity (Wildman–Crippen MR) is 168 cm³/mol. The van der Waals surface area contributed by atoms with Gasteiger partial charge >= 0.3 is 11.9 Å². The summed E-state index contributed by atoms with van der Waals surface area (Å²) in [6.45, 7) is 8.90. The van der Waals surface area contributed by atoms with Crippen LogP contribution in [0.15, 0.2) is 72.8 Å². The number of phenols is 1. The molecule has 9 heteroatoms. The van der Waals surface area contributed by atoms with Crippen molar-refractivity contribution in [3.8, 4) is 5.75 Å². The van der Waals surface area contributed by atoms with Gasteiger partial charge in [0.1, 0.15) is 17.9 Å². The van der Waals surface area contributed by atoms with Crippen LogP contribution in [0, 0.1) is 17.3 Å². The number of cyclic esters (lactones) is 2. The van der Waals surface area contributed by atoms with E-state index in [-0.39, 0.29) is 43.4 Å². The topological polar surface area (TPSA) is 131 Å². The van der Waals surface area contributed by atoms with Crippen molar-refractivity contribution in [2.75, 3.05) is 6.54 Å². The van der Waals surface area contributed by atoms with Gasteiger partial charge < -0.3 is 25.2 Å². The van der Waals surface area contributed by atoms with E-state index in [4.69, 9.17) is 9.47 Å². The molecule has 0 saturated heterocycles. The summed E-state index contributed by atoms with van der Waals surface area (Å²) >= 11 is 0. The van der Waals surface area contributed by atoms with Crippen LogP contribution in [-0.2, 0) is 35.1 Å². The Labute approximate surface area is 259 Å². The molecule has 0 radical (unpaired) electrons. The lowest BCUT2D eigenvalue weighted by atomic mass is 9.93. The predicted octanol–water partition coefficient (Wildman–Crippen LogP) is 4.74. The first-order chi connectivity index (χ1) is 20.8. The fourth-order valence-corrected chi connectivity index (χ4v) is 4.56. The van der Waals surface area contributed by atoms with E-state index in [9.17, 15) is 24.3 Å². The Bertz CT molecular complexity index is 1330. The van der Waals surface area contributed by atoms with Crippen LogP contribution in [0.25, 0.3) is 6.08 Å². The zero-order chi connectivity index (χ0) is 32.3. The van der Waals surface area contributed by atoms with Gasteiger partial charge in [0.25, 0.3) is 0 Å². The van der Waals surface area contributed by atoms with Crippen LogP contribution in [0.4, 0.5) is 0 Å². The first-order valence-corrected chi connectivity index (χ1v) is 15.0. The molecule has 4 atom stereocenters. The van der Waals surface area contributed by atoms with E-state index in [1.807, 2.05) is 63.3 Å². The number of carbonyl (C=O) groups is 4. The molecule has 0 saturated carbocycles. The average molecular weight is 605 g/mol. The molecule has 0 fully saturated rings. The molecular formula is C35H44N2O7. The van der Waals surface area contributed by atoms with Crippen molar-refractivity contribution in [2.24, 2.45) is 17.3 Å². The lowest BCUT2D eigenvalue weighted by molar-refractivity contribution is -0.178. The lowest BCUT2D eigenvalue weighted by Crippen LogP contribution is -2.51. The Hall–Kier alpha value is -4.40. The fraction of sp³-hybridized carbons (Fsp3) is 0.429. The van der Waals surface area contributed by atoms with Gasteiger partial charge in [-0.3, -0.25) is 14.4 Å². The quantitative estimate of drug-likeness (QED) is 0.389. The van der Waals surface area contributed by atoms with Crippen LogP contribution in [-0.4, -0.2) is 53.7 Å². The molecule has 1 aliphatic heterocycles. The number of rotatable bonds is 7. The Morgan fingerprint density at radius 3 is 2.32 bits per heavy atom. The number of amides is 2. The van der Waals surface area contributed by atoms with Gasteiger partial charge in [0.15, 0.2) is 6.10 Å². The molecule has 3 rings (SSSR count). The molecule has 0 aromatic heterocycles. The van der Waals surface area contributed by atoms with Gasteiger partial charge in [0.05, 0.1) is 5.41 Å². The highest BCUT2D eigenvalue weighted by Crippen LogP contribution is 2.23. The molecule has 1 heterocycles. The number of ether oxygens (including phenoxy) is 2. The first-order valence-electron chi connectivity index (χ1n) is 15.0. The van der Waals surface area contributed by atoms with E-state index < -0.39 is 47.4 Å². The standard InChI is InChI=1S/C35H44N2O7/c1-23(2)20-30-33(41)43-29(24(3)14-15-25-10-7-6-8-11-25)12-9-13-31(39)37-28(21-26-16-18-27(38)19-17-26)32(40)36-22-35(4,5)34(42)44-30/h6-11,13-19,23-24,28-30,38H,12,20-22H2,1-5H3,(H,36,40)(H,37,39)/b13-9+,15-14+/t24-,28-,29+,30+/m1/s1. The smallest absolute Gasteiger partial charge is 0.347 e. The number of benzene rings is 2. The van der Waals surface area contributed by atoms with Crippen molar-refractivity contribution >= 4 is 29.8 Å². The molecule has 0 aliphatic carbocycles. The van der Waals surface area contributed by atoms with Gasteiger partial charge in [0.2, 0.25) is 11.8 Å². The number of carbonyl (C=O) groups excluding carboxylic acids is 4. The third kappa shape index (κ3) is 10.7. The van der Waals surface area contributed by atoms with Crippen LogP contribution in [0.1, 0.15) is 58.6 Å². The van der Waals surface area contributed by atoms with Crippen LogP contribution in [0.5, 0.6) is 5.75 Å². The second-order valence-electron chi connectivity index (χ2n) is 12.3. The lowest BCUT2D eigenvalue weighted by Gasteiger charge is -2.29. The van der Waals surface area contributed by atoms with Crippen molar-refractivity contribution < 1.29 is 33.8 Å². The average Bonchev–Trinajstić information content (AvgIpc) is 2.98. The molecule has 44 heavy (non-hydrogen) atoms. The number of aromatic hydroxyl groups is 1. The van der Waals surface area contributed by atoms with E-state index >= 15 is 0 Å². The highest BCUT2D eigenvalue weighted by atomic mass is 16.6. The van der Waals surface area contributed by atoms with Gasteiger partial charge in [-0.25, -0.2) is 4.79 Å². The maximum Gasteiger partial charge on any atom is 0.347 e. The van der Waals surface area contributed by atoms with Gasteiger partial charge in [-0.1, -0.05) is 81.5 Å². The van der Waals surface area contributed by atoms with Gasteiger partial charge in [-0.05, 0) is 55.5 Å². The number of hydrogen-bond acceptors (Lipinski definition) is 7.